The SMILES string of the molecule is COc1cc(C=C2CC[C@H]3CC[C@@H](c4cc(F)c(F)c(F)c4)N3C2=O)ccc1-[n+]1cc(C)n(COP(=O)(O)O)c1. The molecule has 2 aromatic carbocycles. The van der Waals surface area contributed by atoms with Crippen LogP contribution in [0.15, 0.2) is 48.4 Å². The summed E-state index contributed by atoms with van der Waals surface area (Å²) in [6.07, 6.45) is 7.60. The van der Waals surface area contributed by atoms with Crippen molar-refractivity contribution in [3.63, 3.8) is 0 Å². The van der Waals surface area contributed by atoms with E-state index in [0.29, 0.717) is 54.0 Å². The summed E-state index contributed by atoms with van der Waals surface area (Å²) in [5.74, 6) is -3.81. The van der Waals surface area contributed by atoms with E-state index in [1.165, 1.54) is 11.7 Å². The predicted molar refractivity (Wildman–Crippen MR) is 137 cm³/mol. The fraction of sp³-hybridized carbons (Fsp3) is 0.333. The summed E-state index contributed by atoms with van der Waals surface area (Å²) in [5, 5.41) is 0. The van der Waals surface area contributed by atoms with Gasteiger partial charge in [-0.15, -0.1) is 0 Å². The van der Waals surface area contributed by atoms with Crippen LogP contribution in [0.1, 0.15) is 48.5 Å². The number of phosphoric acid groups is 1. The second-order valence-electron chi connectivity index (χ2n) is 9.91. The number of imidazole rings is 1. The van der Waals surface area contributed by atoms with Gasteiger partial charge in [0.25, 0.3) is 12.2 Å². The van der Waals surface area contributed by atoms with Crippen LogP contribution in [-0.4, -0.2) is 38.3 Å². The maximum Gasteiger partial charge on any atom is 0.472 e. The number of rotatable bonds is 7. The van der Waals surface area contributed by atoms with Gasteiger partial charge < -0.3 is 19.4 Å². The van der Waals surface area contributed by atoms with Crippen LogP contribution in [0, 0.1) is 24.4 Å². The number of halogens is 3. The van der Waals surface area contributed by atoms with E-state index in [1.807, 2.05) is 6.07 Å². The minimum absolute atomic E-state index is 0.0547. The first-order valence-electron chi connectivity index (χ1n) is 12.6. The zero-order valence-electron chi connectivity index (χ0n) is 21.8. The summed E-state index contributed by atoms with van der Waals surface area (Å²) < 4.78 is 65.9. The molecule has 1 aromatic heterocycles. The second kappa shape index (κ2) is 10.9. The number of phosphoric ester groups is 1. The zero-order chi connectivity index (χ0) is 28.8. The Kier molecular flexibility index (Phi) is 7.62. The molecular weight excluding hydrogens is 550 g/mol. The van der Waals surface area contributed by atoms with Crippen LogP contribution in [0.5, 0.6) is 5.75 Å². The highest BCUT2D eigenvalue weighted by Crippen LogP contribution is 2.43. The molecule has 0 saturated carbocycles. The molecule has 0 radical (unpaired) electrons. The topological polar surface area (TPSA) is 105 Å². The number of fused-ring (bicyclic) bond motifs is 1. The van der Waals surface area contributed by atoms with Crippen LogP contribution in [0.2, 0.25) is 0 Å². The number of piperidine rings is 1. The summed E-state index contributed by atoms with van der Waals surface area (Å²) in [5.41, 5.74) is 2.83. The van der Waals surface area contributed by atoms with Gasteiger partial charge in [0.15, 0.2) is 28.9 Å². The zero-order valence-corrected chi connectivity index (χ0v) is 22.7. The Hall–Kier alpha value is -3.44. The van der Waals surface area contributed by atoms with E-state index in [1.54, 1.807) is 47.1 Å². The first-order valence-corrected chi connectivity index (χ1v) is 14.1. The largest absolute Gasteiger partial charge is 0.492 e. The Balaban J connectivity index is 1.40. The van der Waals surface area contributed by atoms with Gasteiger partial charge in [0, 0.05) is 18.5 Å². The molecule has 0 unspecified atom stereocenters. The molecule has 1 amide bonds. The molecule has 2 atom stereocenters. The summed E-state index contributed by atoms with van der Waals surface area (Å²) >= 11 is 0. The minimum atomic E-state index is -4.63. The number of carbonyl (C=O) groups excluding carboxylic acids is 1. The van der Waals surface area contributed by atoms with E-state index in [4.69, 9.17) is 14.5 Å². The summed E-state index contributed by atoms with van der Waals surface area (Å²) in [4.78, 5) is 33.2. The summed E-state index contributed by atoms with van der Waals surface area (Å²) in [6, 6.07) is 6.69. The first kappa shape index (κ1) is 28.1. The lowest BCUT2D eigenvalue weighted by Gasteiger charge is -2.35. The smallest absolute Gasteiger partial charge is 0.472 e. The van der Waals surface area contributed by atoms with Crippen LogP contribution < -0.4 is 9.30 Å². The van der Waals surface area contributed by atoms with Crippen LogP contribution in [0.25, 0.3) is 11.8 Å². The normalized spacial score (nSPS) is 20.3. The average Bonchev–Trinajstić information content (AvgIpc) is 3.50. The predicted octanol–water partition coefficient (Wildman–Crippen LogP) is 4.48. The number of aromatic nitrogens is 2. The molecule has 2 saturated heterocycles. The quantitative estimate of drug-likeness (QED) is 0.186. The number of methoxy groups -OCH3 is 1. The third-order valence-corrected chi connectivity index (χ3v) is 7.83. The molecule has 0 aliphatic carbocycles. The van der Waals surface area contributed by atoms with Gasteiger partial charge in [-0.05, 0) is 67.2 Å². The fourth-order valence-electron chi connectivity index (χ4n) is 5.45. The molecule has 3 aromatic rings. The van der Waals surface area contributed by atoms with E-state index in [9.17, 15) is 22.5 Å². The lowest BCUT2D eigenvalue weighted by Crippen LogP contribution is -2.41. The molecular formula is C27H28F3N3O6P+. The number of ether oxygens (including phenoxy) is 1. The van der Waals surface area contributed by atoms with Crippen molar-refractivity contribution in [1.29, 1.82) is 0 Å². The number of amides is 1. The molecule has 5 rings (SSSR count). The van der Waals surface area contributed by atoms with Crippen LogP contribution in [0.3, 0.4) is 0 Å². The Morgan fingerprint density at radius 3 is 2.52 bits per heavy atom. The van der Waals surface area contributed by atoms with E-state index in [-0.39, 0.29) is 24.2 Å². The Morgan fingerprint density at radius 1 is 1.12 bits per heavy atom. The molecule has 2 aliphatic heterocycles. The number of aryl methyl sites for hydroxylation is 1. The highest BCUT2D eigenvalue weighted by molar-refractivity contribution is 7.46. The first-order chi connectivity index (χ1) is 18.9. The molecule has 2 aliphatic rings. The van der Waals surface area contributed by atoms with Gasteiger partial charge in [-0.1, -0.05) is 6.07 Å². The van der Waals surface area contributed by atoms with Crippen LogP contribution in [0.4, 0.5) is 13.2 Å². The maximum atomic E-state index is 13.9. The van der Waals surface area contributed by atoms with Crippen molar-refractivity contribution >= 4 is 19.8 Å². The number of nitrogens with zero attached hydrogens (tertiary/aromatic N) is 3. The van der Waals surface area contributed by atoms with Gasteiger partial charge in [0.1, 0.15) is 11.9 Å². The van der Waals surface area contributed by atoms with Gasteiger partial charge in [-0.3, -0.25) is 4.79 Å². The third-order valence-electron chi connectivity index (χ3n) is 7.38. The highest BCUT2D eigenvalue weighted by atomic mass is 31.2. The molecule has 212 valence electrons. The molecule has 3 heterocycles. The lowest BCUT2D eigenvalue weighted by molar-refractivity contribution is -0.596. The van der Waals surface area contributed by atoms with Crippen molar-refractivity contribution in [3.05, 3.63) is 82.7 Å². The minimum Gasteiger partial charge on any atom is -0.492 e. The van der Waals surface area contributed by atoms with Gasteiger partial charge in [0.2, 0.25) is 6.73 Å². The summed E-state index contributed by atoms with van der Waals surface area (Å²) in [7, 11) is -3.13. The van der Waals surface area contributed by atoms with Crippen LogP contribution in [-0.2, 0) is 20.6 Å². The van der Waals surface area contributed by atoms with E-state index in [0.717, 1.165) is 12.1 Å². The molecule has 9 nitrogen and oxygen atoms in total. The Bertz CT molecular complexity index is 1530. The Labute approximate surface area is 228 Å². The van der Waals surface area contributed by atoms with Crippen LogP contribution >= 0.6 is 7.82 Å². The number of benzene rings is 2. The van der Waals surface area contributed by atoms with Crippen molar-refractivity contribution in [1.82, 2.24) is 9.47 Å². The van der Waals surface area contributed by atoms with Gasteiger partial charge in [0.05, 0.1) is 13.2 Å². The van der Waals surface area contributed by atoms with Crippen molar-refractivity contribution in [3.8, 4) is 11.4 Å². The molecule has 2 N–H and O–H groups in total. The molecule has 0 bridgehead atoms. The van der Waals surface area contributed by atoms with E-state index < -0.39 is 31.3 Å². The third kappa shape index (κ3) is 5.57. The number of hydrogen-bond donors (Lipinski definition) is 2. The van der Waals surface area contributed by atoms with Gasteiger partial charge in [-0.25, -0.2) is 26.8 Å². The van der Waals surface area contributed by atoms with E-state index >= 15 is 0 Å². The molecule has 13 heteroatoms. The maximum absolute atomic E-state index is 13.9. The standard InChI is InChI=1S/C27H27F3N3O6P/c1-16-13-31(14-32(16)15-39-40(35,36)37)24-7-3-17(10-25(24)38-2)9-18-4-5-20-6-8-23(33(20)27(18)34)19-11-21(28)26(30)22(29)12-19/h3,7,9-14,20,23H,4-6,8,15H2,1-2H3,(H-,35,36,37)/p+1/t20-,23-/m0/s1. The highest BCUT2D eigenvalue weighted by Gasteiger charge is 2.42. The average molecular weight is 579 g/mol. The van der Waals surface area contributed by atoms with Gasteiger partial charge in [-0.2, -0.15) is 4.57 Å². The molecule has 40 heavy (non-hydrogen) atoms. The number of hydrogen-bond acceptors (Lipinski definition) is 4. The van der Waals surface area contributed by atoms with Crippen molar-refractivity contribution in [2.24, 2.45) is 0 Å². The number of carbonyl (C=O) groups is 1. The van der Waals surface area contributed by atoms with E-state index in [2.05, 4.69) is 4.52 Å². The lowest BCUT2D eigenvalue weighted by atomic mass is 9.95. The summed E-state index contributed by atoms with van der Waals surface area (Å²) in [6.45, 7) is 1.42. The van der Waals surface area contributed by atoms with Crippen molar-refractivity contribution in [2.75, 3.05) is 7.11 Å². The molecule has 0 spiro atoms. The monoisotopic (exact) mass is 578 g/mol. The van der Waals surface area contributed by atoms with Gasteiger partial charge >= 0.3 is 7.82 Å². The van der Waals surface area contributed by atoms with Crippen molar-refractivity contribution in [2.45, 2.75) is 51.4 Å². The Morgan fingerprint density at radius 2 is 1.85 bits per heavy atom. The molecule has 2 fully saturated rings. The fourth-order valence-corrected chi connectivity index (χ4v) is 5.72. The second-order valence-corrected chi connectivity index (χ2v) is 11.1. The van der Waals surface area contributed by atoms with Crippen molar-refractivity contribution < 1.29 is 46.1 Å².